The van der Waals surface area contributed by atoms with Crippen molar-refractivity contribution in [3.05, 3.63) is 23.8 Å². The summed E-state index contributed by atoms with van der Waals surface area (Å²) in [6.45, 7) is 0. The van der Waals surface area contributed by atoms with Gasteiger partial charge in [0.1, 0.15) is 11.5 Å². The van der Waals surface area contributed by atoms with Gasteiger partial charge in [-0.1, -0.05) is 12.8 Å². The molecule has 4 saturated carbocycles. The minimum atomic E-state index is -0.691. The second-order valence-electron chi connectivity index (χ2n) is 8.88. The number of carbonyl (C=O) groups is 2. The van der Waals surface area contributed by atoms with Gasteiger partial charge in [-0.15, -0.1) is 0 Å². The van der Waals surface area contributed by atoms with Gasteiger partial charge in [0.25, 0.3) is 5.91 Å². The Hall–Kier alpha value is -2.24. The SMILES string of the molecule is COc1ccc2c(c1)O[C@]1(C[C@H]3CC[C@H]1C[C@@H]3C(=O)NC1CCCC1)NC2=O. The first-order chi connectivity index (χ1) is 13.6. The predicted molar refractivity (Wildman–Crippen MR) is 103 cm³/mol. The van der Waals surface area contributed by atoms with Crippen LogP contribution in [-0.2, 0) is 4.79 Å². The fraction of sp³-hybridized carbons (Fsp3) is 0.636. The Bertz CT molecular complexity index is 804. The molecule has 6 nitrogen and oxygen atoms in total. The highest BCUT2D eigenvalue weighted by molar-refractivity contribution is 5.98. The van der Waals surface area contributed by atoms with Crippen LogP contribution in [0.25, 0.3) is 0 Å². The molecule has 150 valence electrons. The molecule has 0 aromatic heterocycles. The molecule has 2 bridgehead atoms. The molecular weight excluding hydrogens is 356 g/mol. The Morgan fingerprint density at radius 2 is 2.07 bits per heavy atom. The van der Waals surface area contributed by atoms with Gasteiger partial charge in [-0.3, -0.25) is 9.59 Å². The van der Waals surface area contributed by atoms with E-state index < -0.39 is 5.72 Å². The second-order valence-corrected chi connectivity index (χ2v) is 8.88. The lowest BCUT2D eigenvalue weighted by Crippen LogP contribution is -2.67. The number of hydrogen-bond donors (Lipinski definition) is 2. The molecule has 1 aromatic rings. The van der Waals surface area contributed by atoms with E-state index in [4.69, 9.17) is 9.47 Å². The van der Waals surface area contributed by atoms with Crippen molar-refractivity contribution in [2.75, 3.05) is 7.11 Å². The van der Waals surface area contributed by atoms with Crippen LogP contribution in [0.1, 0.15) is 61.7 Å². The molecule has 1 heterocycles. The number of rotatable bonds is 3. The average molecular weight is 384 g/mol. The normalized spacial score (nSPS) is 33.9. The Morgan fingerprint density at radius 3 is 2.79 bits per heavy atom. The number of nitrogens with one attached hydrogen (secondary N) is 2. The van der Waals surface area contributed by atoms with Gasteiger partial charge < -0.3 is 20.1 Å². The Balaban J connectivity index is 1.35. The summed E-state index contributed by atoms with van der Waals surface area (Å²) in [6, 6.07) is 5.67. The molecule has 1 aliphatic heterocycles. The Morgan fingerprint density at radius 1 is 1.25 bits per heavy atom. The molecule has 28 heavy (non-hydrogen) atoms. The van der Waals surface area contributed by atoms with Crippen LogP contribution in [-0.4, -0.2) is 30.7 Å². The maximum absolute atomic E-state index is 12.9. The molecule has 1 aromatic carbocycles. The topological polar surface area (TPSA) is 76.7 Å². The second kappa shape index (κ2) is 6.68. The van der Waals surface area contributed by atoms with Gasteiger partial charge in [-0.2, -0.15) is 0 Å². The largest absolute Gasteiger partial charge is 0.497 e. The van der Waals surface area contributed by atoms with Crippen LogP contribution < -0.4 is 20.1 Å². The van der Waals surface area contributed by atoms with Gasteiger partial charge in [-0.05, 0) is 50.2 Å². The van der Waals surface area contributed by atoms with Crippen molar-refractivity contribution in [2.24, 2.45) is 17.8 Å². The molecular formula is C22H28N2O4. The molecule has 0 radical (unpaired) electrons. The zero-order valence-electron chi connectivity index (χ0n) is 16.3. The number of methoxy groups -OCH3 is 1. The summed E-state index contributed by atoms with van der Waals surface area (Å²) in [4.78, 5) is 25.7. The van der Waals surface area contributed by atoms with E-state index >= 15 is 0 Å². The smallest absolute Gasteiger partial charge is 0.258 e. The van der Waals surface area contributed by atoms with Gasteiger partial charge in [0.2, 0.25) is 5.91 Å². The number of hydrogen-bond acceptors (Lipinski definition) is 4. The Kier molecular flexibility index (Phi) is 4.25. The number of carbonyl (C=O) groups excluding carboxylic acids is 2. The highest BCUT2D eigenvalue weighted by Gasteiger charge is 2.57. The maximum atomic E-state index is 12.9. The third-order valence-corrected chi connectivity index (χ3v) is 7.31. The molecule has 6 heteroatoms. The van der Waals surface area contributed by atoms with Crippen LogP contribution in [0.4, 0.5) is 0 Å². The van der Waals surface area contributed by atoms with E-state index in [1.165, 1.54) is 12.8 Å². The molecule has 4 aliphatic carbocycles. The summed E-state index contributed by atoms with van der Waals surface area (Å²) < 4.78 is 11.7. The van der Waals surface area contributed by atoms with Crippen molar-refractivity contribution in [1.82, 2.24) is 10.6 Å². The minimum Gasteiger partial charge on any atom is -0.497 e. The van der Waals surface area contributed by atoms with E-state index in [9.17, 15) is 9.59 Å². The molecule has 5 aliphatic rings. The summed E-state index contributed by atoms with van der Waals surface area (Å²) in [5.74, 6) is 1.82. The summed E-state index contributed by atoms with van der Waals surface area (Å²) in [5, 5.41) is 6.44. The highest BCUT2D eigenvalue weighted by Crippen LogP contribution is 2.52. The van der Waals surface area contributed by atoms with Crippen LogP contribution in [0.15, 0.2) is 18.2 Å². The van der Waals surface area contributed by atoms with Crippen LogP contribution >= 0.6 is 0 Å². The zero-order valence-corrected chi connectivity index (χ0v) is 16.3. The number of benzene rings is 1. The number of fused-ring (bicyclic) bond motifs is 3. The molecule has 0 unspecified atom stereocenters. The molecule has 4 atom stereocenters. The Labute approximate surface area is 165 Å². The lowest BCUT2D eigenvalue weighted by Gasteiger charge is -2.55. The van der Waals surface area contributed by atoms with Crippen LogP contribution in [0.5, 0.6) is 11.5 Å². The van der Waals surface area contributed by atoms with E-state index in [1.807, 2.05) is 0 Å². The van der Waals surface area contributed by atoms with Gasteiger partial charge in [-0.25, -0.2) is 0 Å². The summed E-state index contributed by atoms with van der Waals surface area (Å²) in [7, 11) is 1.61. The van der Waals surface area contributed by atoms with E-state index in [-0.39, 0.29) is 29.6 Å². The fourth-order valence-electron chi connectivity index (χ4n) is 5.82. The van der Waals surface area contributed by atoms with Crippen LogP contribution in [0.3, 0.4) is 0 Å². The zero-order chi connectivity index (χ0) is 19.3. The quantitative estimate of drug-likeness (QED) is 0.840. The van der Waals surface area contributed by atoms with Crippen molar-refractivity contribution >= 4 is 11.8 Å². The van der Waals surface area contributed by atoms with Crippen molar-refractivity contribution in [3.63, 3.8) is 0 Å². The molecule has 4 fully saturated rings. The average Bonchev–Trinajstić information content (AvgIpc) is 3.20. The lowest BCUT2D eigenvalue weighted by atomic mass is 9.60. The monoisotopic (exact) mass is 384 g/mol. The molecule has 6 rings (SSSR count). The standard InChI is InChI=1S/C22H28N2O4/c1-27-16-8-9-17-19(11-16)28-22(24-21(17)26)12-13-6-7-14(22)10-18(13)20(25)23-15-4-2-3-5-15/h8-9,11,13-15,18H,2-7,10,12H2,1H3,(H,23,25)(H,24,26)/t13-,14+,18+,22+/m1/s1. The van der Waals surface area contributed by atoms with E-state index in [0.29, 0.717) is 29.5 Å². The first-order valence-corrected chi connectivity index (χ1v) is 10.6. The maximum Gasteiger partial charge on any atom is 0.258 e. The molecule has 1 spiro atoms. The first kappa shape index (κ1) is 17.8. The molecule has 0 saturated heterocycles. The third kappa shape index (κ3) is 2.85. The summed E-state index contributed by atoms with van der Waals surface area (Å²) >= 11 is 0. The fourth-order valence-corrected chi connectivity index (χ4v) is 5.82. The molecule has 2 N–H and O–H groups in total. The highest BCUT2D eigenvalue weighted by atomic mass is 16.5. The van der Waals surface area contributed by atoms with Crippen molar-refractivity contribution in [3.8, 4) is 11.5 Å². The van der Waals surface area contributed by atoms with E-state index in [0.717, 1.165) is 32.1 Å². The van der Waals surface area contributed by atoms with Crippen molar-refractivity contribution in [2.45, 2.75) is 63.1 Å². The van der Waals surface area contributed by atoms with Crippen molar-refractivity contribution < 1.29 is 19.1 Å². The van der Waals surface area contributed by atoms with Crippen LogP contribution in [0, 0.1) is 17.8 Å². The number of amides is 2. The van der Waals surface area contributed by atoms with Crippen LogP contribution in [0.2, 0.25) is 0 Å². The van der Waals surface area contributed by atoms with Gasteiger partial charge >= 0.3 is 0 Å². The minimum absolute atomic E-state index is 0.0391. The van der Waals surface area contributed by atoms with Crippen molar-refractivity contribution in [1.29, 1.82) is 0 Å². The third-order valence-electron chi connectivity index (χ3n) is 7.31. The van der Waals surface area contributed by atoms with Gasteiger partial charge in [0.05, 0.1) is 12.7 Å². The molecule has 2 amide bonds. The number of ether oxygens (including phenoxy) is 2. The van der Waals surface area contributed by atoms with Gasteiger partial charge in [0.15, 0.2) is 5.72 Å². The first-order valence-electron chi connectivity index (χ1n) is 10.6. The van der Waals surface area contributed by atoms with E-state index in [2.05, 4.69) is 10.6 Å². The summed E-state index contributed by atoms with van der Waals surface area (Å²) in [6.07, 6.45) is 8.13. The van der Waals surface area contributed by atoms with E-state index in [1.54, 1.807) is 25.3 Å². The lowest BCUT2D eigenvalue weighted by molar-refractivity contribution is -0.147. The predicted octanol–water partition coefficient (Wildman–Crippen LogP) is 3.01. The summed E-state index contributed by atoms with van der Waals surface area (Å²) in [5.41, 5.74) is -0.146. The van der Waals surface area contributed by atoms with Gasteiger partial charge in [0, 0.05) is 30.4 Å².